The molecule has 1 rings (SSSR count). The lowest BCUT2D eigenvalue weighted by molar-refractivity contribution is 0.117. The lowest BCUT2D eigenvalue weighted by atomic mass is 10.1. The maximum Gasteiger partial charge on any atom is 0.119 e. The van der Waals surface area contributed by atoms with Crippen molar-refractivity contribution in [3.63, 3.8) is 0 Å². The zero-order chi connectivity index (χ0) is 12.0. The van der Waals surface area contributed by atoms with Gasteiger partial charge in [-0.1, -0.05) is 19.1 Å². The van der Waals surface area contributed by atoms with E-state index in [1.165, 1.54) is 5.56 Å². The molecule has 0 aliphatic heterocycles. The van der Waals surface area contributed by atoms with Crippen molar-refractivity contribution in [1.29, 1.82) is 0 Å². The summed E-state index contributed by atoms with van der Waals surface area (Å²) in [5.41, 5.74) is 0.796. The fourth-order valence-corrected chi connectivity index (χ4v) is 1.53. The Morgan fingerprint density at radius 2 is 2.19 bits per heavy atom. The van der Waals surface area contributed by atoms with Crippen LogP contribution in [0.25, 0.3) is 0 Å². The van der Waals surface area contributed by atoms with Crippen LogP contribution in [0, 0.1) is 6.92 Å². The highest BCUT2D eigenvalue weighted by Crippen LogP contribution is 2.14. The Bertz CT molecular complexity index is 327. The Kier molecular flexibility index (Phi) is 4.77. The van der Waals surface area contributed by atoms with Crippen molar-refractivity contribution >= 4 is 0 Å². The molecule has 0 heterocycles. The van der Waals surface area contributed by atoms with E-state index in [1.807, 2.05) is 45.0 Å². The first-order chi connectivity index (χ1) is 7.59. The van der Waals surface area contributed by atoms with Crippen LogP contribution in [0.15, 0.2) is 24.3 Å². The SMILES string of the molecule is CCNC(C)(CO)COc1cccc(C)c1. The van der Waals surface area contributed by atoms with Gasteiger partial charge in [0.05, 0.1) is 12.1 Å². The molecule has 1 aromatic carbocycles. The fraction of sp³-hybridized carbons (Fsp3) is 0.538. The molecule has 0 radical (unpaired) electrons. The molecule has 0 fully saturated rings. The van der Waals surface area contributed by atoms with Crippen LogP contribution >= 0.6 is 0 Å². The third kappa shape index (κ3) is 3.83. The van der Waals surface area contributed by atoms with Gasteiger partial charge >= 0.3 is 0 Å². The first-order valence-corrected chi connectivity index (χ1v) is 5.65. The number of nitrogens with one attached hydrogen (secondary N) is 1. The summed E-state index contributed by atoms with van der Waals surface area (Å²) >= 11 is 0. The monoisotopic (exact) mass is 223 g/mol. The summed E-state index contributed by atoms with van der Waals surface area (Å²) in [5.74, 6) is 0.845. The van der Waals surface area contributed by atoms with Crippen LogP contribution in [0.5, 0.6) is 5.75 Å². The van der Waals surface area contributed by atoms with Gasteiger partial charge in [-0.2, -0.15) is 0 Å². The Morgan fingerprint density at radius 3 is 2.75 bits per heavy atom. The molecule has 16 heavy (non-hydrogen) atoms. The van der Waals surface area contributed by atoms with Crippen molar-refractivity contribution < 1.29 is 9.84 Å². The number of hydrogen-bond donors (Lipinski definition) is 2. The van der Waals surface area contributed by atoms with Crippen molar-refractivity contribution in [3.05, 3.63) is 29.8 Å². The number of aliphatic hydroxyl groups excluding tert-OH is 1. The Morgan fingerprint density at radius 1 is 1.44 bits per heavy atom. The molecule has 0 amide bonds. The largest absolute Gasteiger partial charge is 0.492 e. The third-order valence-corrected chi connectivity index (χ3v) is 2.50. The van der Waals surface area contributed by atoms with E-state index in [4.69, 9.17) is 4.74 Å². The van der Waals surface area contributed by atoms with Crippen molar-refractivity contribution in [2.24, 2.45) is 0 Å². The van der Waals surface area contributed by atoms with E-state index >= 15 is 0 Å². The lowest BCUT2D eigenvalue weighted by Gasteiger charge is -2.28. The fourth-order valence-electron chi connectivity index (χ4n) is 1.53. The average Bonchev–Trinajstić information content (AvgIpc) is 2.27. The average molecular weight is 223 g/mol. The highest BCUT2D eigenvalue weighted by atomic mass is 16.5. The van der Waals surface area contributed by atoms with Gasteiger partial charge in [-0.25, -0.2) is 0 Å². The maximum atomic E-state index is 9.31. The zero-order valence-corrected chi connectivity index (χ0v) is 10.3. The first-order valence-electron chi connectivity index (χ1n) is 5.65. The molecule has 1 unspecified atom stereocenters. The molecule has 90 valence electrons. The smallest absolute Gasteiger partial charge is 0.119 e. The quantitative estimate of drug-likeness (QED) is 0.772. The van der Waals surface area contributed by atoms with Gasteiger partial charge in [-0.3, -0.25) is 0 Å². The summed E-state index contributed by atoms with van der Waals surface area (Å²) in [6.45, 7) is 7.33. The van der Waals surface area contributed by atoms with Crippen LogP contribution in [-0.2, 0) is 0 Å². The molecule has 0 aromatic heterocycles. The minimum Gasteiger partial charge on any atom is -0.492 e. The Hall–Kier alpha value is -1.06. The molecule has 0 spiro atoms. The number of aryl methyl sites for hydroxylation is 1. The van der Waals surface area contributed by atoms with Gasteiger partial charge in [-0.05, 0) is 38.1 Å². The molecule has 0 saturated carbocycles. The van der Waals surface area contributed by atoms with E-state index in [0.29, 0.717) is 6.61 Å². The molecule has 2 N–H and O–H groups in total. The van der Waals surface area contributed by atoms with E-state index in [1.54, 1.807) is 0 Å². The van der Waals surface area contributed by atoms with Gasteiger partial charge in [0.25, 0.3) is 0 Å². The molecular formula is C13H21NO2. The van der Waals surface area contributed by atoms with Crippen LogP contribution in [-0.4, -0.2) is 30.4 Å². The summed E-state index contributed by atoms with van der Waals surface area (Å²) in [6.07, 6.45) is 0. The highest BCUT2D eigenvalue weighted by molar-refractivity contribution is 5.27. The summed E-state index contributed by atoms with van der Waals surface area (Å²) < 4.78 is 5.67. The second-order valence-corrected chi connectivity index (χ2v) is 4.35. The number of ether oxygens (including phenoxy) is 1. The second-order valence-electron chi connectivity index (χ2n) is 4.35. The van der Waals surface area contributed by atoms with E-state index in [2.05, 4.69) is 5.32 Å². The van der Waals surface area contributed by atoms with Gasteiger partial charge in [-0.15, -0.1) is 0 Å². The van der Waals surface area contributed by atoms with E-state index in [-0.39, 0.29) is 12.1 Å². The Labute approximate surface area is 97.4 Å². The van der Waals surface area contributed by atoms with Crippen molar-refractivity contribution in [3.8, 4) is 5.75 Å². The minimum atomic E-state index is -0.376. The number of benzene rings is 1. The number of likely N-dealkylation sites (N-methyl/N-ethyl adjacent to an activating group) is 1. The van der Waals surface area contributed by atoms with Crippen LogP contribution in [0.2, 0.25) is 0 Å². The number of rotatable bonds is 6. The van der Waals surface area contributed by atoms with Gasteiger partial charge in [0.15, 0.2) is 0 Å². The first kappa shape index (κ1) is 13.0. The minimum absolute atomic E-state index is 0.0622. The third-order valence-electron chi connectivity index (χ3n) is 2.50. The summed E-state index contributed by atoms with van der Waals surface area (Å²) in [6, 6.07) is 7.91. The molecule has 0 bridgehead atoms. The molecule has 3 nitrogen and oxygen atoms in total. The van der Waals surface area contributed by atoms with Crippen LogP contribution in [0.3, 0.4) is 0 Å². The lowest BCUT2D eigenvalue weighted by Crippen LogP contribution is -2.50. The summed E-state index contributed by atoms with van der Waals surface area (Å²) in [7, 11) is 0. The predicted molar refractivity (Wildman–Crippen MR) is 65.8 cm³/mol. The van der Waals surface area contributed by atoms with Crippen molar-refractivity contribution in [2.75, 3.05) is 19.8 Å². The van der Waals surface area contributed by atoms with Gasteiger partial charge < -0.3 is 15.2 Å². The zero-order valence-electron chi connectivity index (χ0n) is 10.3. The molecule has 0 saturated heterocycles. The van der Waals surface area contributed by atoms with Crippen molar-refractivity contribution in [1.82, 2.24) is 5.32 Å². The van der Waals surface area contributed by atoms with E-state index in [0.717, 1.165) is 12.3 Å². The molecule has 0 aliphatic rings. The van der Waals surface area contributed by atoms with E-state index in [9.17, 15) is 5.11 Å². The number of aliphatic hydroxyl groups is 1. The second kappa shape index (κ2) is 5.87. The maximum absolute atomic E-state index is 9.31. The van der Waals surface area contributed by atoms with Gasteiger partial charge in [0.1, 0.15) is 12.4 Å². The molecular weight excluding hydrogens is 202 g/mol. The summed E-state index contributed by atoms with van der Waals surface area (Å²) in [5, 5.41) is 12.5. The van der Waals surface area contributed by atoms with Crippen LogP contribution in [0.1, 0.15) is 19.4 Å². The molecule has 1 aromatic rings. The highest BCUT2D eigenvalue weighted by Gasteiger charge is 2.22. The standard InChI is InChI=1S/C13H21NO2/c1-4-14-13(3,9-15)10-16-12-7-5-6-11(2)8-12/h5-8,14-15H,4,9-10H2,1-3H3. The van der Waals surface area contributed by atoms with Gasteiger partial charge in [0, 0.05) is 0 Å². The Balaban J connectivity index is 2.55. The normalized spacial score (nSPS) is 14.5. The summed E-state index contributed by atoms with van der Waals surface area (Å²) in [4.78, 5) is 0. The van der Waals surface area contributed by atoms with Crippen molar-refractivity contribution in [2.45, 2.75) is 26.3 Å². The molecule has 1 atom stereocenters. The topological polar surface area (TPSA) is 41.5 Å². The molecule has 3 heteroatoms. The van der Waals surface area contributed by atoms with E-state index < -0.39 is 0 Å². The predicted octanol–water partition coefficient (Wildman–Crippen LogP) is 1.73. The molecule has 0 aliphatic carbocycles. The van der Waals surface area contributed by atoms with Crippen LogP contribution in [0.4, 0.5) is 0 Å². The van der Waals surface area contributed by atoms with Crippen LogP contribution < -0.4 is 10.1 Å². The van der Waals surface area contributed by atoms with Gasteiger partial charge in [0.2, 0.25) is 0 Å². The number of hydrogen-bond acceptors (Lipinski definition) is 3.